The number of nitrogens with one attached hydrogen (secondary N) is 3. The van der Waals surface area contributed by atoms with Crippen LogP contribution in [0.1, 0.15) is 11.3 Å². The van der Waals surface area contributed by atoms with Crippen LogP contribution in [0.2, 0.25) is 5.02 Å². The van der Waals surface area contributed by atoms with Gasteiger partial charge in [0.15, 0.2) is 11.6 Å². The van der Waals surface area contributed by atoms with Crippen molar-refractivity contribution in [2.45, 2.75) is 13.8 Å². The summed E-state index contributed by atoms with van der Waals surface area (Å²) in [5.74, 6) is 0.694. The second-order valence-electron chi connectivity index (χ2n) is 6.24. The average Bonchev–Trinajstić information content (AvgIpc) is 3.32. The summed E-state index contributed by atoms with van der Waals surface area (Å²) in [6.07, 6.45) is 4.56. The first-order valence-corrected chi connectivity index (χ1v) is 8.78. The Bertz CT molecular complexity index is 1130. The Kier molecular flexibility index (Phi) is 4.70. The third-order valence-corrected chi connectivity index (χ3v) is 4.37. The number of benzene rings is 1. The Balaban J connectivity index is 1.60. The zero-order valence-electron chi connectivity index (χ0n) is 15.0. The first kappa shape index (κ1) is 18.0. The molecule has 0 amide bonds. The molecule has 9 heteroatoms. The number of hydrogen-bond acceptors (Lipinski definition) is 6. The van der Waals surface area contributed by atoms with Crippen molar-refractivity contribution in [1.82, 2.24) is 20.2 Å². The molecule has 0 radical (unpaired) electrons. The van der Waals surface area contributed by atoms with E-state index in [2.05, 4.69) is 30.8 Å². The molecule has 7 nitrogen and oxygen atoms in total. The van der Waals surface area contributed by atoms with Crippen LogP contribution in [-0.2, 0) is 0 Å². The van der Waals surface area contributed by atoms with Gasteiger partial charge in [-0.15, -0.1) is 0 Å². The third kappa shape index (κ3) is 3.67. The number of furan rings is 1. The van der Waals surface area contributed by atoms with Crippen LogP contribution in [0.3, 0.4) is 0 Å². The Morgan fingerprint density at radius 2 is 2.04 bits per heavy atom. The van der Waals surface area contributed by atoms with Crippen molar-refractivity contribution >= 4 is 34.9 Å². The molecule has 0 spiro atoms. The fraction of sp³-hybridized carbons (Fsp3) is 0.105. The summed E-state index contributed by atoms with van der Waals surface area (Å²) in [6.45, 7) is 3.77. The van der Waals surface area contributed by atoms with Gasteiger partial charge in [-0.1, -0.05) is 11.6 Å². The van der Waals surface area contributed by atoms with E-state index in [4.69, 9.17) is 16.0 Å². The van der Waals surface area contributed by atoms with Gasteiger partial charge in [-0.05, 0) is 43.2 Å². The number of halogens is 2. The summed E-state index contributed by atoms with van der Waals surface area (Å²) in [5.41, 5.74) is 3.59. The average molecular weight is 399 g/mol. The van der Waals surface area contributed by atoms with Gasteiger partial charge in [-0.25, -0.2) is 9.37 Å². The fourth-order valence-electron chi connectivity index (χ4n) is 2.74. The van der Waals surface area contributed by atoms with Crippen LogP contribution in [-0.4, -0.2) is 20.2 Å². The lowest BCUT2D eigenvalue weighted by atomic mass is 10.0. The topological polar surface area (TPSA) is 91.7 Å². The summed E-state index contributed by atoms with van der Waals surface area (Å²) in [4.78, 5) is 8.43. The van der Waals surface area contributed by atoms with Crippen LogP contribution in [0.25, 0.3) is 11.1 Å². The van der Waals surface area contributed by atoms with Gasteiger partial charge in [0, 0.05) is 17.3 Å². The normalized spacial score (nSPS) is 10.9. The lowest BCUT2D eigenvalue weighted by Crippen LogP contribution is -2.03. The minimum Gasteiger partial charge on any atom is -0.472 e. The van der Waals surface area contributed by atoms with Crippen molar-refractivity contribution in [3.05, 3.63) is 65.1 Å². The lowest BCUT2D eigenvalue weighted by Gasteiger charge is -2.12. The van der Waals surface area contributed by atoms with E-state index < -0.39 is 5.82 Å². The number of nitrogens with zero attached hydrogens (tertiary/aromatic N) is 3. The second kappa shape index (κ2) is 7.32. The number of H-pyrrole nitrogens is 1. The standard InChI is InChI=1S/C19H16ClFN6O/c1-10-5-16(15(21)7-13(10)12-3-4-28-9-12)23-19-22-8-14(20)18(25-19)24-17-6-11(2)26-27-17/h3-9H,1-2H3,(H3,22,23,24,25,26,27). The summed E-state index contributed by atoms with van der Waals surface area (Å²) in [5, 5.41) is 13.1. The van der Waals surface area contributed by atoms with E-state index in [-0.39, 0.29) is 11.6 Å². The van der Waals surface area contributed by atoms with Crippen LogP contribution in [0.4, 0.5) is 27.7 Å². The molecule has 0 saturated carbocycles. The molecule has 0 saturated heterocycles. The number of aryl methyl sites for hydroxylation is 2. The van der Waals surface area contributed by atoms with Crippen molar-refractivity contribution in [2.75, 3.05) is 10.6 Å². The van der Waals surface area contributed by atoms with Gasteiger partial charge in [0.1, 0.15) is 10.8 Å². The first-order valence-electron chi connectivity index (χ1n) is 8.41. The minimum absolute atomic E-state index is 0.202. The SMILES string of the molecule is Cc1cc(Nc2nc(Nc3cc(C)c(-c4ccoc4)cc3F)ncc2Cl)n[nH]1. The zero-order chi connectivity index (χ0) is 19.7. The van der Waals surface area contributed by atoms with E-state index in [1.165, 1.54) is 12.3 Å². The largest absolute Gasteiger partial charge is 0.472 e. The number of anilines is 4. The molecule has 4 rings (SSSR count). The molecule has 1 aromatic carbocycles. The molecular weight excluding hydrogens is 383 g/mol. The smallest absolute Gasteiger partial charge is 0.229 e. The molecule has 0 aliphatic heterocycles. The van der Waals surface area contributed by atoms with Crippen LogP contribution in [0, 0.1) is 19.7 Å². The van der Waals surface area contributed by atoms with E-state index in [9.17, 15) is 4.39 Å². The van der Waals surface area contributed by atoms with Crippen molar-refractivity contribution < 1.29 is 8.81 Å². The van der Waals surface area contributed by atoms with Crippen LogP contribution >= 0.6 is 11.6 Å². The molecule has 3 heterocycles. The summed E-state index contributed by atoms with van der Waals surface area (Å²) in [7, 11) is 0. The van der Waals surface area contributed by atoms with Crippen molar-refractivity contribution in [2.24, 2.45) is 0 Å². The summed E-state index contributed by atoms with van der Waals surface area (Å²) < 4.78 is 19.7. The van der Waals surface area contributed by atoms with Crippen molar-refractivity contribution in [1.29, 1.82) is 0 Å². The van der Waals surface area contributed by atoms with Crippen molar-refractivity contribution in [3.8, 4) is 11.1 Å². The number of hydrogen-bond donors (Lipinski definition) is 3. The van der Waals surface area contributed by atoms with Gasteiger partial charge in [-0.2, -0.15) is 10.1 Å². The maximum Gasteiger partial charge on any atom is 0.229 e. The molecule has 0 aliphatic carbocycles. The Morgan fingerprint density at radius 1 is 1.18 bits per heavy atom. The predicted octanol–water partition coefficient (Wildman–Crippen LogP) is 5.36. The van der Waals surface area contributed by atoms with Gasteiger partial charge >= 0.3 is 0 Å². The molecule has 0 bridgehead atoms. The highest BCUT2D eigenvalue weighted by Crippen LogP contribution is 2.30. The lowest BCUT2D eigenvalue weighted by molar-refractivity contribution is 0.568. The predicted molar refractivity (Wildman–Crippen MR) is 106 cm³/mol. The highest BCUT2D eigenvalue weighted by molar-refractivity contribution is 6.32. The molecular formula is C19H16ClFN6O. The highest BCUT2D eigenvalue weighted by atomic mass is 35.5. The molecule has 142 valence electrons. The molecule has 3 N–H and O–H groups in total. The maximum absolute atomic E-state index is 14.6. The van der Waals surface area contributed by atoms with Gasteiger partial charge in [0.2, 0.25) is 5.95 Å². The minimum atomic E-state index is -0.433. The van der Waals surface area contributed by atoms with Crippen molar-refractivity contribution in [3.63, 3.8) is 0 Å². The third-order valence-electron chi connectivity index (χ3n) is 4.09. The Labute approximate surface area is 165 Å². The zero-order valence-corrected chi connectivity index (χ0v) is 15.8. The molecule has 3 aromatic heterocycles. The monoisotopic (exact) mass is 398 g/mol. The first-order chi connectivity index (χ1) is 13.5. The molecule has 0 fully saturated rings. The van der Waals surface area contributed by atoms with Crippen LogP contribution in [0.5, 0.6) is 0 Å². The van der Waals surface area contributed by atoms with Gasteiger partial charge in [0.25, 0.3) is 0 Å². The van der Waals surface area contributed by atoms with Gasteiger partial charge in [-0.3, -0.25) is 5.10 Å². The van der Waals surface area contributed by atoms with E-state index in [0.717, 1.165) is 22.4 Å². The molecule has 0 unspecified atom stereocenters. The van der Waals surface area contributed by atoms with E-state index >= 15 is 0 Å². The van der Waals surface area contributed by atoms with E-state index in [1.54, 1.807) is 24.7 Å². The van der Waals surface area contributed by atoms with Gasteiger partial charge < -0.3 is 15.1 Å². The van der Waals surface area contributed by atoms with E-state index in [1.807, 2.05) is 19.9 Å². The molecule has 28 heavy (non-hydrogen) atoms. The van der Waals surface area contributed by atoms with Gasteiger partial charge in [0.05, 0.1) is 24.4 Å². The number of rotatable bonds is 5. The molecule has 0 aliphatic rings. The Hall–Kier alpha value is -3.39. The van der Waals surface area contributed by atoms with Crippen LogP contribution in [0.15, 0.2) is 47.4 Å². The van der Waals surface area contributed by atoms with Crippen LogP contribution < -0.4 is 10.6 Å². The quantitative estimate of drug-likeness (QED) is 0.419. The fourth-order valence-corrected chi connectivity index (χ4v) is 2.88. The highest BCUT2D eigenvalue weighted by Gasteiger charge is 2.13. The molecule has 0 atom stereocenters. The summed E-state index contributed by atoms with van der Waals surface area (Å²) in [6, 6.07) is 6.74. The van der Waals surface area contributed by atoms with E-state index in [0.29, 0.717) is 16.7 Å². The Morgan fingerprint density at radius 3 is 2.75 bits per heavy atom. The maximum atomic E-state index is 14.6. The summed E-state index contributed by atoms with van der Waals surface area (Å²) >= 11 is 6.15. The number of aromatic nitrogens is 4. The molecule has 4 aromatic rings. The number of aromatic amines is 1. The second-order valence-corrected chi connectivity index (χ2v) is 6.64.